The van der Waals surface area contributed by atoms with Crippen molar-refractivity contribution in [3.05, 3.63) is 88.2 Å². The van der Waals surface area contributed by atoms with E-state index in [1.807, 2.05) is 48.5 Å². The van der Waals surface area contributed by atoms with E-state index in [0.717, 1.165) is 47.2 Å². The zero-order valence-electron chi connectivity index (χ0n) is 19.9. The molecule has 0 saturated heterocycles. The van der Waals surface area contributed by atoms with Crippen molar-refractivity contribution in [2.45, 2.75) is 31.2 Å². The molecule has 0 radical (unpaired) electrons. The monoisotopic (exact) mass is 579 g/mol. The Balaban J connectivity index is 0.000000521. The zero-order valence-corrected chi connectivity index (χ0v) is 22.2. The molecule has 0 N–H and O–H groups in total. The van der Waals surface area contributed by atoms with Crippen molar-refractivity contribution < 1.29 is 40.2 Å². The normalized spacial score (nSPS) is 11.4. The maximum Gasteiger partial charge on any atom is 0.485 e. The van der Waals surface area contributed by atoms with Crippen molar-refractivity contribution in [1.29, 1.82) is 0 Å². The zero-order chi connectivity index (χ0) is 27.5. The van der Waals surface area contributed by atoms with Crippen LogP contribution in [0.2, 0.25) is 10.0 Å². The van der Waals surface area contributed by atoms with Crippen LogP contribution in [-0.2, 0) is 30.0 Å². The Morgan fingerprint density at radius 2 is 1.14 bits per heavy atom. The lowest BCUT2D eigenvalue weighted by Crippen LogP contribution is -2.38. The van der Waals surface area contributed by atoms with E-state index in [-0.39, 0.29) is 0 Å². The van der Waals surface area contributed by atoms with Crippen LogP contribution in [0.4, 0.5) is 13.2 Å². The Morgan fingerprint density at radius 3 is 1.46 bits per heavy atom. The van der Waals surface area contributed by atoms with Gasteiger partial charge in [0.1, 0.15) is 18.5 Å². The molecule has 0 aliphatic carbocycles. The second-order valence-corrected chi connectivity index (χ2v) is 10.0. The fourth-order valence-corrected chi connectivity index (χ4v) is 3.38. The minimum atomic E-state index is -6.09. The van der Waals surface area contributed by atoms with Crippen molar-refractivity contribution in [3.8, 4) is 11.5 Å². The SMILES string of the molecule is C[n+]1c(CCCOc2ccc(Cl)cc2)cccc1CCCOc1ccc(Cl)cc1.O=S(=O)([O-])C(F)(F)F. The molecule has 2 aromatic carbocycles. The maximum absolute atomic E-state index is 10.7. The van der Waals surface area contributed by atoms with Gasteiger partial charge in [-0.15, -0.1) is 0 Å². The summed E-state index contributed by atoms with van der Waals surface area (Å²) in [5, 5.41) is 1.44. The molecule has 0 aliphatic heterocycles. The summed E-state index contributed by atoms with van der Waals surface area (Å²) in [6.45, 7) is 1.36. The van der Waals surface area contributed by atoms with Gasteiger partial charge < -0.3 is 14.0 Å². The molecular weight excluding hydrogens is 554 g/mol. The van der Waals surface area contributed by atoms with E-state index in [1.165, 1.54) is 11.4 Å². The van der Waals surface area contributed by atoms with Crippen LogP contribution in [0.5, 0.6) is 11.5 Å². The van der Waals surface area contributed by atoms with E-state index in [9.17, 15) is 13.2 Å². The van der Waals surface area contributed by atoms with Crippen LogP contribution < -0.4 is 14.0 Å². The quantitative estimate of drug-likeness (QED) is 0.129. The number of hydrogen-bond donors (Lipinski definition) is 0. The molecule has 3 aromatic rings. The van der Waals surface area contributed by atoms with Gasteiger partial charge in [-0.3, -0.25) is 0 Å². The molecule has 1 aromatic heterocycles. The Labute approximate surface area is 224 Å². The molecule has 37 heavy (non-hydrogen) atoms. The third kappa shape index (κ3) is 11.2. The van der Waals surface area contributed by atoms with Crippen LogP contribution in [0.25, 0.3) is 0 Å². The fraction of sp³-hybridized carbons (Fsp3) is 0.320. The van der Waals surface area contributed by atoms with Gasteiger partial charge in [0.15, 0.2) is 21.5 Å². The van der Waals surface area contributed by atoms with E-state index >= 15 is 0 Å². The molecule has 0 spiro atoms. The second kappa shape index (κ2) is 14.4. The molecule has 202 valence electrons. The molecular formula is C25H26Cl2F3NO5S. The topological polar surface area (TPSA) is 79.5 Å². The smallest absolute Gasteiger partial charge is 0.485 e. The number of aromatic nitrogens is 1. The standard InChI is InChI=1S/C24H26Cl2NO2.CHF3O3S/c1-27-21(7-3-17-28-23-13-9-19(25)10-14-23)5-2-6-22(27)8-4-18-29-24-15-11-20(26)12-16-24;2-1(3,4)8(5,6)7/h2,5-6,9-16H,3-4,7-8,17-18H2,1H3;(H,5,6,7)/q+1;/p-1. The van der Waals surface area contributed by atoms with Gasteiger partial charge in [-0.05, 0) is 67.4 Å². The van der Waals surface area contributed by atoms with Gasteiger partial charge in [-0.1, -0.05) is 23.2 Å². The van der Waals surface area contributed by atoms with Gasteiger partial charge in [0, 0.05) is 35.0 Å². The minimum Gasteiger partial charge on any atom is -0.741 e. The second-order valence-electron chi connectivity index (χ2n) is 7.78. The van der Waals surface area contributed by atoms with Crippen LogP contribution in [0.3, 0.4) is 0 Å². The third-order valence-corrected chi connectivity index (χ3v) is 6.11. The molecule has 0 atom stereocenters. The molecule has 6 nitrogen and oxygen atoms in total. The van der Waals surface area contributed by atoms with Crippen molar-refractivity contribution in [1.82, 2.24) is 0 Å². The number of nitrogens with zero attached hydrogens (tertiary/aromatic N) is 1. The lowest BCUT2D eigenvalue weighted by atomic mass is 10.1. The van der Waals surface area contributed by atoms with E-state index < -0.39 is 15.6 Å². The van der Waals surface area contributed by atoms with E-state index in [1.54, 1.807) is 0 Å². The number of hydrogen-bond acceptors (Lipinski definition) is 5. The van der Waals surface area contributed by atoms with Crippen molar-refractivity contribution in [3.63, 3.8) is 0 Å². The van der Waals surface area contributed by atoms with Crippen LogP contribution in [0.15, 0.2) is 66.7 Å². The molecule has 0 saturated carbocycles. The molecule has 0 unspecified atom stereocenters. The first-order valence-corrected chi connectivity index (χ1v) is 13.3. The predicted molar refractivity (Wildman–Crippen MR) is 134 cm³/mol. The largest absolute Gasteiger partial charge is 0.741 e. The Hall–Kier alpha value is -2.53. The highest BCUT2D eigenvalue weighted by Gasteiger charge is 2.36. The van der Waals surface area contributed by atoms with Gasteiger partial charge in [0.25, 0.3) is 0 Å². The maximum atomic E-state index is 10.7. The third-order valence-electron chi connectivity index (χ3n) is 5.04. The average Bonchev–Trinajstić information content (AvgIpc) is 2.83. The molecule has 3 rings (SSSR count). The van der Waals surface area contributed by atoms with Gasteiger partial charge >= 0.3 is 5.51 Å². The summed E-state index contributed by atoms with van der Waals surface area (Å²) < 4.78 is 72.8. The highest BCUT2D eigenvalue weighted by molar-refractivity contribution is 7.86. The van der Waals surface area contributed by atoms with Gasteiger partial charge in [0.2, 0.25) is 0 Å². The molecule has 1 heterocycles. The molecule has 0 amide bonds. The van der Waals surface area contributed by atoms with Crippen molar-refractivity contribution >= 4 is 33.3 Å². The van der Waals surface area contributed by atoms with Gasteiger partial charge in [-0.2, -0.15) is 13.2 Å². The molecule has 0 fully saturated rings. The highest BCUT2D eigenvalue weighted by Crippen LogP contribution is 2.20. The first-order valence-electron chi connectivity index (χ1n) is 11.1. The highest BCUT2D eigenvalue weighted by atomic mass is 35.5. The fourth-order valence-electron chi connectivity index (χ4n) is 3.13. The van der Waals surface area contributed by atoms with E-state index in [0.29, 0.717) is 13.2 Å². The van der Waals surface area contributed by atoms with E-state index in [2.05, 4.69) is 29.8 Å². The average molecular weight is 580 g/mol. The van der Waals surface area contributed by atoms with Crippen LogP contribution >= 0.6 is 23.2 Å². The number of halogens is 5. The van der Waals surface area contributed by atoms with E-state index in [4.69, 9.17) is 45.6 Å². The minimum absolute atomic E-state index is 0.681. The first-order chi connectivity index (χ1) is 17.4. The van der Waals surface area contributed by atoms with Gasteiger partial charge in [-0.25, -0.2) is 13.0 Å². The summed E-state index contributed by atoms with van der Waals surface area (Å²) in [4.78, 5) is 0. The van der Waals surface area contributed by atoms with Crippen molar-refractivity contribution in [2.24, 2.45) is 7.05 Å². The van der Waals surface area contributed by atoms with Crippen LogP contribution in [-0.4, -0.2) is 31.7 Å². The number of aryl methyl sites for hydroxylation is 2. The number of pyridine rings is 1. The Bertz CT molecular complexity index is 1150. The Kier molecular flexibility index (Phi) is 12.0. The number of benzene rings is 2. The van der Waals surface area contributed by atoms with Crippen molar-refractivity contribution in [2.75, 3.05) is 13.2 Å². The van der Waals surface area contributed by atoms with Gasteiger partial charge in [0.05, 0.1) is 13.2 Å². The Morgan fingerprint density at radius 1 is 0.784 bits per heavy atom. The number of ether oxygens (including phenoxy) is 2. The summed E-state index contributed by atoms with van der Waals surface area (Å²) in [5.41, 5.74) is -3.03. The molecule has 0 bridgehead atoms. The lowest BCUT2D eigenvalue weighted by Gasteiger charge is -2.08. The number of rotatable bonds is 10. The first kappa shape index (κ1) is 30.7. The summed E-state index contributed by atoms with van der Waals surface area (Å²) in [6, 6.07) is 21.5. The summed E-state index contributed by atoms with van der Waals surface area (Å²) in [5.74, 6) is 1.71. The van der Waals surface area contributed by atoms with Crippen LogP contribution in [0.1, 0.15) is 24.2 Å². The molecule has 0 aliphatic rings. The molecule has 12 heteroatoms. The predicted octanol–water partition coefficient (Wildman–Crippen LogP) is 5.89. The summed E-state index contributed by atoms with van der Waals surface area (Å²) >= 11 is 11.8. The summed E-state index contributed by atoms with van der Waals surface area (Å²) in [7, 11) is -3.96. The lowest BCUT2D eigenvalue weighted by molar-refractivity contribution is -0.686. The summed E-state index contributed by atoms with van der Waals surface area (Å²) in [6.07, 6.45) is 3.86. The van der Waals surface area contributed by atoms with Crippen LogP contribution in [0, 0.1) is 0 Å². The number of alkyl halides is 3.